The van der Waals surface area contributed by atoms with E-state index in [9.17, 15) is 4.79 Å². The van der Waals surface area contributed by atoms with Crippen LogP contribution in [0.5, 0.6) is 0 Å². The number of carbonyl (C=O) groups is 1. The third-order valence-corrected chi connectivity index (χ3v) is 3.27. The van der Waals surface area contributed by atoms with Crippen LogP contribution in [0.25, 0.3) is 0 Å². The molecule has 0 aromatic carbocycles. The van der Waals surface area contributed by atoms with Crippen LogP contribution in [0.1, 0.15) is 26.0 Å². The van der Waals surface area contributed by atoms with Gasteiger partial charge in [0.25, 0.3) is 0 Å². The van der Waals surface area contributed by atoms with Gasteiger partial charge in [-0.15, -0.1) is 11.3 Å². The van der Waals surface area contributed by atoms with Crippen molar-refractivity contribution in [3.63, 3.8) is 0 Å². The molecule has 5 nitrogen and oxygen atoms in total. The molecule has 6 heteroatoms. The van der Waals surface area contributed by atoms with Crippen LogP contribution in [0.3, 0.4) is 0 Å². The fourth-order valence-corrected chi connectivity index (χ4v) is 2.37. The monoisotopic (exact) mass is 267 g/mol. The molecule has 18 heavy (non-hydrogen) atoms. The molecular formula is C12H17N3O2S. The number of aromatic nitrogens is 1. The van der Waals surface area contributed by atoms with E-state index < -0.39 is 0 Å². The number of nitriles is 1. The van der Waals surface area contributed by atoms with Gasteiger partial charge < -0.3 is 9.64 Å². The van der Waals surface area contributed by atoms with Crippen molar-refractivity contribution in [1.82, 2.24) is 4.98 Å². The summed E-state index contributed by atoms with van der Waals surface area (Å²) >= 11 is 1.49. The molecule has 0 unspecified atom stereocenters. The lowest BCUT2D eigenvalue weighted by Crippen LogP contribution is -2.23. The lowest BCUT2D eigenvalue weighted by atomic mass is 10.3. The fourth-order valence-electron chi connectivity index (χ4n) is 1.46. The molecule has 98 valence electrons. The summed E-state index contributed by atoms with van der Waals surface area (Å²) in [6.45, 7) is 5.65. The van der Waals surface area contributed by atoms with E-state index in [0.29, 0.717) is 19.6 Å². The quantitative estimate of drug-likeness (QED) is 0.707. The number of hydrogen-bond donors (Lipinski definition) is 0. The minimum Gasteiger partial charge on any atom is -0.466 e. The van der Waals surface area contributed by atoms with Crippen molar-refractivity contribution in [3.05, 3.63) is 11.1 Å². The van der Waals surface area contributed by atoms with Crippen LogP contribution in [0.4, 0.5) is 5.13 Å². The van der Waals surface area contributed by atoms with Gasteiger partial charge in [0, 0.05) is 18.5 Å². The van der Waals surface area contributed by atoms with Crippen molar-refractivity contribution in [2.24, 2.45) is 0 Å². The van der Waals surface area contributed by atoms with Crippen LogP contribution in [-0.4, -0.2) is 30.6 Å². The zero-order valence-electron chi connectivity index (χ0n) is 10.7. The molecule has 0 spiro atoms. The molecule has 0 aliphatic rings. The maximum Gasteiger partial charge on any atom is 0.311 e. The number of thiazole rings is 1. The molecule has 0 radical (unpaired) electrons. The predicted octanol–water partition coefficient (Wildman–Crippen LogP) is 1.99. The van der Waals surface area contributed by atoms with Crippen LogP contribution in [-0.2, 0) is 16.0 Å². The molecule has 0 bridgehead atoms. The molecule has 1 rings (SSSR count). The van der Waals surface area contributed by atoms with Crippen LogP contribution in [0, 0.1) is 11.3 Å². The van der Waals surface area contributed by atoms with Crippen LogP contribution >= 0.6 is 11.3 Å². The van der Waals surface area contributed by atoms with Gasteiger partial charge in [-0.1, -0.05) is 0 Å². The zero-order valence-corrected chi connectivity index (χ0v) is 11.5. The van der Waals surface area contributed by atoms with Crippen molar-refractivity contribution in [1.29, 1.82) is 5.26 Å². The van der Waals surface area contributed by atoms with Gasteiger partial charge in [-0.2, -0.15) is 5.26 Å². The van der Waals surface area contributed by atoms with Crippen LogP contribution in [0.2, 0.25) is 0 Å². The molecule has 0 fully saturated rings. The van der Waals surface area contributed by atoms with E-state index in [1.165, 1.54) is 11.3 Å². The van der Waals surface area contributed by atoms with Crippen molar-refractivity contribution >= 4 is 22.4 Å². The number of carbonyl (C=O) groups excluding carboxylic acids is 1. The third kappa shape index (κ3) is 4.34. The minimum absolute atomic E-state index is 0.208. The van der Waals surface area contributed by atoms with E-state index in [4.69, 9.17) is 10.00 Å². The molecule has 0 aliphatic heterocycles. The van der Waals surface area contributed by atoms with Gasteiger partial charge in [0.2, 0.25) is 0 Å². The second-order valence-corrected chi connectivity index (χ2v) is 4.43. The number of ether oxygens (including phenoxy) is 1. The number of nitrogens with zero attached hydrogens (tertiary/aromatic N) is 3. The summed E-state index contributed by atoms with van der Waals surface area (Å²) in [6, 6.07) is 2.12. The molecule has 1 heterocycles. The first-order valence-corrected chi connectivity index (χ1v) is 6.81. The average Bonchev–Trinajstić information content (AvgIpc) is 2.79. The molecule has 1 aromatic heterocycles. The first-order chi connectivity index (χ1) is 8.71. The Morgan fingerprint density at radius 1 is 1.61 bits per heavy atom. The lowest BCUT2D eigenvalue weighted by molar-refractivity contribution is -0.142. The minimum atomic E-state index is -0.255. The molecule has 1 aromatic rings. The van der Waals surface area contributed by atoms with E-state index in [-0.39, 0.29) is 12.4 Å². The summed E-state index contributed by atoms with van der Waals surface area (Å²) in [5, 5.41) is 11.3. The highest BCUT2D eigenvalue weighted by atomic mass is 32.1. The Morgan fingerprint density at radius 3 is 3.00 bits per heavy atom. The number of rotatable bonds is 7. The van der Waals surface area contributed by atoms with Gasteiger partial charge in [-0.05, 0) is 13.8 Å². The van der Waals surface area contributed by atoms with Gasteiger partial charge in [-0.3, -0.25) is 4.79 Å². The van der Waals surface area contributed by atoms with Gasteiger partial charge >= 0.3 is 5.97 Å². The van der Waals surface area contributed by atoms with E-state index in [1.807, 2.05) is 17.2 Å². The van der Waals surface area contributed by atoms with Gasteiger partial charge in [0.05, 0.1) is 31.2 Å². The first-order valence-electron chi connectivity index (χ1n) is 5.93. The number of esters is 1. The lowest BCUT2D eigenvalue weighted by Gasteiger charge is -2.17. The highest BCUT2D eigenvalue weighted by Gasteiger charge is 2.12. The predicted molar refractivity (Wildman–Crippen MR) is 70.6 cm³/mol. The summed E-state index contributed by atoms with van der Waals surface area (Å²) in [7, 11) is 0. The number of anilines is 1. The van der Waals surface area contributed by atoms with E-state index in [2.05, 4.69) is 11.1 Å². The Kier molecular flexibility index (Phi) is 6.15. The highest BCUT2D eigenvalue weighted by Crippen LogP contribution is 2.21. The first kappa shape index (κ1) is 14.5. The van der Waals surface area contributed by atoms with Gasteiger partial charge in [0.1, 0.15) is 0 Å². The zero-order chi connectivity index (χ0) is 13.4. The van der Waals surface area contributed by atoms with Gasteiger partial charge in [0.15, 0.2) is 5.13 Å². The van der Waals surface area contributed by atoms with Gasteiger partial charge in [-0.25, -0.2) is 4.98 Å². The highest BCUT2D eigenvalue weighted by molar-refractivity contribution is 7.13. The molecule has 0 amide bonds. The van der Waals surface area contributed by atoms with Crippen molar-refractivity contribution in [3.8, 4) is 6.07 Å². The average molecular weight is 267 g/mol. The molecule has 0 atom stereocenters. The third-order valence-electron chi connectivity index (χ3n) is 2.32. The molecule has 0 saturated carbocycles. The smallest absolute Gasteiger partial charge is 0.311 e. The van der Waals surface area contributed by atoms with Crippen LogP contribution in [0.15, 0.2) is 5.38 Å². The normalized spacial score (nSPS) is 9.83. The summed E-state index contributed by atoms with van der Waals surface area (Å²) in [6.07, 6.45) is 0.681. The Morgan fingerprint density at radius 2 is 2.39 bits per heavy atom. The van der Waals surface area contributed by atoms with E-state index >= 15 is 0 Å². The maximum absolute atomic E-state index is 11.3. The van der Waals surface area contributed by atoms with Crippen molar-refractivity contribution < 1.29 is 9.53 Å². The van der Waals surface area contributed by atoms with Crippen LogP contribution < -0.4 is 4.90 Å². The summed E-state index contributed by atoms with van der Waals surface area (Å²) in [4.78, 5) is 17.7. The van der Waals surface area contributed by atoms with E-state index in [1.54, 1.807) is 6.92 Å². The topological polar surface area (TPSA) is 66.2 Å². The van der Waals surface area contributed by atoms with Crippen molar-refractivity contribution in [2.45, 2.75) is 26.7 Å². The Hall–Kier alpha value is -1.61. The Balaban J connectivity index is 2.61. The second-order valence-electron chi connectivity index (χ2n) is 3.59. The summed E-state index contributed by atoms with van der Waals surface area (Å²) in [5.41, 5.74) is 0.726. The second kappa shape index (κ2) is 7.67. The number of hydrogen-bond acceptors (Lipinski definition) is 6. The summed E-state index contributed by atoms with van der Waals surface area (Å²) in [5.74, 6) is -0.255. The molecule has 0 N–H and O–H groups in total. The standard InChI is InChI=1S/C12H17N3O2S/c1-3-15(7-5-6-13)12-14-10(9-18-12)8-11(16)17-4-2/h9H,3-5,7-8H2,1-2H3. The Labute approximate surface area is 111 Å². The Bertz CT molecular complexity index is 425. The largest absolute Gasteiger partial charge is 0.466 e. The maximum atomic E-state index is 11.3. The molecule has 0 aliphatic carbocycles. The molecule has 0 saturated heterocycles. The fraction of sp³-hybridized carbons (Fsp3) is 0.583. The van der Waals surface area contributed by atoms with Crippen molar-refractivity contribution in [2.75, 3.05) is 24.6 Å². The summed E-state index contributed by atoms with van der Waals surface area (Å²) < 4.78 is 4.88. The van der Waals surface area contributed by atoms with E-state index in [0.717, 1.165) is 17.4 Å². The SMILES string of the molecule is CCOC(=O)Cc1csc(N(CC)CCC#N)n1. The molecular weight excluding hydrogens is 250 g/mol.